The van der Waals surface area contributed by atoms with Crippen LogP contribution in [-0.4, -0.2) is 57.8 Å². The van der Waals surface area contributed by atoms with Crippen LogP contribution in [0.4, 0.5) is 5.69 Å². The third-order valence-corrected chi connectivity index (χ3v) is 5.16. The normalized spacial score (nSPS) is 18.3. The lowest BCUT2D eigenvalue weighted by Crippen LogP contribution is -2.53. The molecule has 0 bridgehead atoms. The van der Waals surface area contributed by atoms with Crippen LogP contribution in [0.25, 0.3) is 0 Å². The van der Waals surface area contributed by atoms with Gasteiger partial charge in [-0.15, -0.1) is 10.2 Å². The predicted octanol–water partition coefficient (Wildman–Crippen LogP) is 1.55. The highest BCUT2D eigenvalue weighted by Gasteiger charge is 2.27. The molecular weight excluding hydrogens is 326 g/mol. The summed E-state index contributed by atoms with van der Waals surface area (Å²) in [6.07, 6.45) is 2.48. The summed E-state index contributed by atoms with van der Waals surface area (Å²) in [5.74, 6) is 2.84. The van der Waals surface area contributed by atoms with Crippen LogP contribution in [-0.2, 0) is 13.6 Å². The van der Waals surface area contributed by atoms with Crippen molar-refractivity contribution in [2.24, 2.45) is 12.0 Å². The molecule has 0 spiro atoms. The zero-order valence-corrected chi connectivity index (χ0v) is 15.6. The Kier molecular flexibility index (Phi) is 4.77. The second-order valence-corrected chi connectivity index (χ2v) is 7.09. The fourth-order valence-corrected chi connectivity index (χ4v) is 3.20. The average molecular weight is 353 g/mol. The van der Waals surface area contributed by atoms with Gasteiger partial charge in [-0.25, -0.2) is 4.99 Å². The molecule has 2 aliphatic rings. The molecule has 1 saturated heterocycles. The quantitative estimate of drug-likeness (QED) is 0.668. The van der Waals surface area contributed by atoms with Crippen molar-refractivity contribution in [2.45, 2.75) is 32.4 Å². The number of aliphatic imine (C=N–C) groups is 1. The molecule has 7 nitrogen and oxygen atoms in total. The van der Waals surface area contributed by atoms with Crippen molar-refractivity contribution in [2.75, 3.05) is 31.1 Å². The first-order valence-electron chi connectivity index (χ1n) is 9.41. The van der Waals surface area contributed by atoms with Crippen molar-refractivity contribution in [1.82, 2.24) is 25.0 Å². The molecule has 1 aliphatic carbocycles. The molecule has 1 aromatic heterocycles. The van der Waals surface area contributed by atoms with E-state index in [9.17, 15) is 0 Å². The van der Waals surface area contributed by atoms with Crippen LogP contribution in [0.5, 0.6) is 0 Å². The van der Waals surface area contributed by atoms with Crippen LogP contribution in [0, 0.1) is 6.92 Å². The fourth-order valence-electron chi connectivity index (χ4n) is 3.20. The Morgan fingerprint density at radius 2 is 1.85 bits per heavy atom. The predicted molar refractivity (Wildman–Crippen MR) is 103 cm³/mol. The monoisotopic (exact) mass is 353 g/mol. The summed E-state index contributed by atoms with van der Waals surface area (Å²) >= 11 is 0. The minimum absolute atomic E-state index is 0.561. The Morgan fingerprint density at radius 1 is 1.12 bits per heavy atom. The molecule has 1 aromatic carbocycles. The summed E-state index contributed by atoms with van der Waals surface area (Å²) in [6, 6.07) is 11.2. The van der Waals surface area contributed by atoms with Crippen molar-refractivity contribution in [1.29, 1.82) is 0 Å². The van der Waals surface area contributed by atoms with E-state index >= 15 is 0 Å². The summed E-state index contributed by atoms with van der Waals surface area (Å²) < 4.78 is 2.01. The van der Waals surface area contributed by atoms with Crippen molar-refractivity contribution >= 4 is 11.6 Å². The van der Waals surface area contributed by atoms with Gasteiger partial charge in [-0.2, -0.15) is 0 Å². The van der Waals surface area contributed by atoms with Crippen LogP contribution < -0.4 is 10.2 Å². The Bertz CT molecular complexity index is 755. The molecule has 1 saturated carbocycles. The van der Waals surface area contributed by atoms with E-state index in [1.54, 1.807) is 0 Å². The van der Waals surface area contributed by atoms with E-state index in [-0.39, 0.29) is 0 Å². The third-order valence-electron chi connectivity index (χ3n) is 5.16. The van der Waals surface area contributed by atoms with Gasteiger partial charge in [0.1, 0.15) is 12.4 Å². The SMILES string of the molecule is Cc1nnc(CN=C(NC2CC2)N2CCN(c3ccccc3)CC2)n1C. The number of para-hydroxylation sites is 1. The molecule has 0 atom stereocenters. The average Bonchev–Trinajstić information content (AvgIpc) is 3.45. The lowest BCUT2D eigenvalue weighted by molar-refractivity contribution is 0.371. The van der Waals surface area contributed by atoms with Crippen LogP contribution >= 0.6 is 0 Å². The maximum absolute atomic E-state index is 4.86. The molecule has 1 aliphatic heterocycles. The van der Waals surface area contributed by atoms with E-state index in [1.165, 1.54) is 18.5 Å². The molecule has 0 unspecified atom stereocenters. The van der Waals surface area contributed by atoms with Gasteiger partial charge >= 0.3 is 0 Å². The lowest BCUT2D eigenvalue weighted by atomic mass is 10.2. The zero-order valence-electron chi connectivity index (χ0n) is 15.6. The highest BCUT2D eigenvalue weighted by Crippen LogP contribution is 2.20. The highest BCUT2D eigenvalue weighted by atomic mass is 15.4. The van der Waals surface area contributed by atoms with Crippen molar-refractivity contribution in [3.63, 3.8) is 0 Å². The van der Waals surface area contributed by atoms with Gasteiger partial charge in [-0.1, -0.05) is 18.2 Å². The van der Waals surface area contributed by atoms with Crippen LogP contribution in [0.3, 0.4) is 0 Å². The van der Waals surface area contributed by atoms with Crippen molar-refractivity contribution in [3.8, 4) is 0 Å². The molecular formula is C19H27N7. The van der Waals surface area contributed by atoms with Crippen LogP contribution in [0.15, 0.2) is 35.3 Å². The number of guanidine groups is 1. The summed E-state index contributed by atoms with van der Waals surface area (Å²) in [7, 11) is 1.99. The van der Waals surface area contributed by atoms with Gasteiger partial charge in [0.25, 0.3) is 0 Å². The Hall–Kier alpha value is -2.57. The maximum atomic E-state index is 4.86. The molecule has 1 N–H and O–H groups in total. The van der Waals surface area contributed by atoms with Gasteiger partial charge in [0, 0.05) is 45.0 Å². The number of nitrogens with zero attached hydrogens (tertiary/aromatic N) is 6. The molecule has 0 radical (unpaired) electrons. The minimum atomic E-state index is 0.561. The van der Waals surface area contributed by atoms with Gasteiger partial charge in [0.2, 0.25) is 0 Å². The Morgan fingerprint density at radius 3 is 2.46 bits per heavy atom. The molecule has 4 rings (SSSR count). The number of aromatic nitrogens is 3. The largest absolute Gasteiger partial charge is 0.368 e. The molecule has 0 amide bonds. The fraction of sp³-hybridized carbons (Fsp3) is 0.526. The number of hydrogen-bond acceptors (Lipinski definition) is 4. The van der Waals surface area contributed by atoms with Crippen LogP contribution in [0.2, 0.25) is 0 Å². The van der Waals surface area contributed by atoms with E-state index in [2.05, 4.69) is 55.6 Å². The molecule has 26 heavy (non-hydrogen) atoms. The first kappa shape index (κ1) is 16.9. The number of benzene rings is 1. The number of nitrogens with one attached hydrogen (secondary N) is 1. The third kappa shape index (κ3) is 3.81. The van der Waals surface area contributed by atoms with E-state index < -0.39 is 0 Å². The Labute approximate surface area is 154 Å². The molecule has 2 fully saturated rings. The summed E-state index contributed by atoms with van der Waals surface area (Å²) in [4.78, 5) is 9.68. The highest BCUT2D eigenvalue weighted by molar-refractivity contribution is 5.81. The van der Waals surface area contributed by atoms with Gasteiger partial charge in [-0.05, 0) is 31.9 Å². The van der Waals surface area contributed by atoms with Crippen molar-refractivity contribution in [3.05, 3.63) is 42.0 Å². The van der Waals surface area contributed by atoms with Gasteiger partial charge in [0.05, 0.1) is 0 Å². The lowest BCUT2D eigenvalue weighted by Gasteiger charge is -2.37. The van der Waals surface area contributed by atoms with E-state index in [4.69, 9.17) is 4.99 Å². The van der Waals surface area contributed by atoms with Crippen molar-refractivity contribution < 1.29 is 0 Å². The number of anilines is 1. The zero-order chi connectivity index (χ0) is 17.9. The number of rotatable bonds is 4. The Balaban J connectivity index is 1.42. The topological polar surface area (TPSA) is 61.6 Å². The smallest absolute Gasteiger partial charge is 0.194 e. The molecule has 2 aromatic rings. The molecule has 138 valence electrons. The standard InChI is InChI=1S/C19H27N7/c1-15-22-23-18(24(15)2)14-20-19(21-16-8-9-16)26-12-10-25(11-13-26)17-6-4-3-5-7-17/h3-7,16H,8-14H2,1-2H3,(H,20,21). The summed E-state index contributed by atoms with van der Waals surface area (Å²) in [5.41, 5.74) is 1.30. The minimum Gasteiger partial charge on any atom is -0.368 e. The molecule has 2 heterocycles. The summed E-state index contributed by atoms with van der Waals surface area (Å²) in [6.45, 7) is 6.51. The van der Waals surface area contributed by atoms with Crippen LogP contribution in [0.1, 0.15) is 24.5 Å². The van der Waals surface area contributed by atoms with E-state index in [1.807, 2.05) is 18.5 Å². The van der Waals surface area contributed by atoms with Gasteiger partial charge in [-0.3, -0.25) is 0 Å². The second-order valence-electron chi connectivity index (χ2n) is 7.09. The van der Waals surface area contributed by atoms with Gasteiger partial charge < -0.3 is 19.7 Å². The summed E-state index contributed by atoms with van der Waals surface area (Å²) in [5, 5.41) is 12.0. The number of piperazine rings is 1. The first-order chi connectivity index (χ1) is 12.7. The molecule has 7 heteroatoms. The number of hydrogen-bond donors (Lipinski definition) is 1. The van der Waals surface area contributed by atoms with E-state index in [0.29, 0.717) is 12.6 Å². The van der Waals surface area contributed by atoms with Gasteiger partial charge in [0.15, 0.2) is 11.8 Å². The van der Waals surface area contributed by atoms with E-state index in [0.717, 1.165) is 43.8 Å². The number of aryl methyl sites for hydroxylation is 1. The maximum Gasteiger partial charge on any atom is 0.194 e. The second kappa shape index (κ2) is 7.35. The first-order valence-corrected chi connectivity index (χ1v) is 9.41.